The molecule has 2 N–H and O–H groups in total. The first-order chi connectivity index (χ1) is 15.3. The van der Waals surface area contributed by atoms with Gasteiger partial charge in [0.15, 0.2) is 0 Å². The Morgan fingerprint density at radius 3 is 2.47 bits per heavy atom. The minimum absolute atomic E-state index is 0.0767. The molecule has 1 aromatic heterocycles. The smallest absolute Gasteiger partial charge is 0.267 e. The fourth-order valence-electron chi connectivity index (χ4n) is 3.19. The molecule has 2 aromatic carbocycles. The molecule has 166 valence electrons. The molecule has 0 fully saturated rings. The highest BCUT2D eigenvalue weighted by Gasteiger charge is 2.13. The van der Waals surface area contributed by atoms with E-state index < -0.39 is 0 Å². The molecule has 0 aliphatic rings. The van der Waals surface area contributed by atoms with Crippen LogP contribution in [0.2, 0.25) is 0 Å². The molecule has 0 aliphatic heterocycles. The summed E-state index contributed by atoms with van der Waals surface area (Å²) in [5.74, 6) is -0.548. The second-order valence-electron chi connectivity index (χ2n) is 7.95. The van der Waals surface area contributed by atoms with Crippen molar-refractivity contribution in [2.24, 2.45) is 5.92 Å². The number of rotatable bonds is 7. The highest BCUT2D eigenvalue weighted by Crippen LogP contribution is 2.24. The summed E-state index contributed by atoms with van der Waals surface area (Å²) < 4.78 is 1.14. The van der Waals surface area contributed by atoms with Gasteiger partial charge in [-0.1, -0.05) is 51.1 Å². The van der Waals surface area contributed by atoms with Crippen molar-refractivity contribution >= 4 is 23.2 Å². The van der Waals surface area contributed by atoms with E-state index in [1.165, 1.54) is 6.07 Å². The zero-order valence-corrected chi connectivity index (χ0v) is 18.8. The van der Waals surface area contributed by atoms with Gasteiger partial charge in [-0.2, -0.15) is 5.10 Å². The minimum Gasteiger partial charge on any atom is -0.326 e. The molecule has 0 unspecified atom stereocenters. The maximum Gasteiger partial charge on any atom is 0.267 e. The van der Waals surface area contributed by atoms with Crippen LogP contribution >= 0.6 is 0 Å². The number of anilines is 2. The summed E-state index contributed by atoms with van der Waals surface area (Å²) in [4.78, 5) is 37.0. The molecule has 0 radical (unpaired) electrons. The number of carbonyl (C=O) groups excluding carboxylic acids is 2. The van der Waals surface area contributed by atoms with E-state index in [-0.39, 0.29) is 29.8 Å². The van der Waals surface area contributed by atoms with Crippen molar-refractivity contribution in [2.75, 3.05) is 10.6 Å². The highest BCUT2D eigenvalue weighted by molar-refractivity contribution is 5.93. The third-order valence-corrected chi connectivity index (χ3v) is 5.15. The number of para-hydroxylation sites is 1. The summed E-state index contributed by atoms with van der Waals surface area (Å²) in [7, 11) is 0. The Morgan fingerprint density at radius 1 is 1.00 bits per heavy atom. The fourth-order valence-corrected chi connectivity index (χ4v) is 3.19. The molecule has 7 heteroatoms. The maximum atomic E-state index is 12.6. The van der Waals surface area contributed by atoms with E-state index in [4.69, 9.17) is 0 Å². The van der Waals surface area contributed by atoms with Crippen LogP contribution in [0.25, 0.3) is 11.3 Å². The summed E-state index contributed by atoms with van der Waals surface area (Å²) in [6, 6.07) is 16.1. The van der Waals surface area contributed by atoms with Gasteiger partial charge in [-0.25, -0.2) is 4.68 Å². The summed E-state index contributed by atoms with van der Waals surface area (Å²) in [5.41, 5.74) is 4.26. The standard InChI is InChI=1S/C25H28N4O3/c1-5-18-8-6-7-9-20(18)26-23(30)15-29-24(31)13-12-21(28-29)19-11-10-17(4)22(14-19)27-25(32)16(2)3/h6-14,16H,5,15H2,1-4H3,(H,26,30)(H,27,32). The van der Waals surface area contributed by atoms with Gasteiger partial charge in [0.05, 0.1) is 5.69 Å². The predicted molar refractivity (Wildman–Crippen MR) is 127 cm³/mol. The van der Waals surface area contributed by atoms with Crippen molar-refractivity contribution in [3.05, 3.63) is 76.1 Å². The normalized spacial score (nSPS) is 10.8. The van der Waals surface area contributed by atoms with E-state index in [1.54, 1.807) is 6.07 Å². The SMILES string of the molecule is CCc1ccccc1NC(=O)Cn1nc(-c2ccc(C)c(NC(=O)C(C)C)c2)ccc1=O. The van der Waals surface area contributed by atoms with E-state index in [0.29, 0.717) is 11.4 Å². The summed E-state index contributed by atoms with van der Waals surface area (Å²) >= 11 is 0. The Balaban J connectivity index is 1.83. The molecule has 0 bridgehead atoms. The van der Waals surface area contributed by atoms with Gasteiger partial charge in [0.2, 0.25) is 11.8 Å². The number of aryl methyl sites for hydroxylation is 2. The molecule has 0 saturated heterocycles. The van der Waals surface area contributed by atoms with Crippen molar-refractivity contribution in [3.63, 3.8) is 0 Å². The number of hydrogen-bond donors (Lipinski definition) is 2. The Bertz CT molecular complexity index is 1200. The van der Waals surface area contributed by atoms with Crippen molar-refractivity contribution in [2.45, 2.75) is 40.7 Å². The summed E-state index contributed by atoms with van der Waals surface area (Å²) in [6.07, 6.45) is 0.785. The zero-order chi connectivity index (χ0) is 23.3. The van der Waals surface area contributed by atoms with E-state index in [2.05, 4.69) is 15.7 Å². The molecule has 0 spiro atoms. The third kappa shape index (κ3) is 5.49. The number of nitrogens with zero attached hydrogens (tertiary/aromatic N) is 2. The highest BCUT2D eigenvalue weighted by atomic mass is 16.2. The largest absolute Gasteiger partial charge is 0.326 e. The second kappa shape index (κ2) is 10.0. The quantitative estimate of drug-likeness (QED) is 0.590. The van der Waals surface area contributed by atoms with Crippen molar-refractivity contribution in [3.8, 4) is 11.3 Å². The molecule has 1 heterocycles. The van der Waals surface area contributed by atoms with Gasteiger partial charge in [-0.05, 0) is 42.7 Å². The van der Waals surface area contributed by atoms with E-state index >= 15 is 0 Å². The maximum absolute atomic E-state index is 12.6. The first-order valence-electron chi connectivity index (χ1n) is 10.7. The van der Waals surface area contributed by atoms with Crippen LogP contribution in [0.5, 0.6) is 0 Å². The Labute approximate surface area is 187 Å². The van der Waals surface area contributed by atoms with Crippen LogP contribution in [-0.4, -0.2) is 21.6 Å². The van der Waals surface area contributed by atoms with Crippen molar-refractivity contribution in [1.82, 2.24) is 9.78 Å². The molecule has 7 nitrogen and oxygen atoms in total. The van der Waals surface area contributed by atoms with Gasteiger partial charge in [0.1, 0.15) is 6.54 Å². The monoisotopic (exact) mass is 432 g/mol. The lowest BCUT2D eigenvalue weighted by Crippen LogP contribution is -2.29. The molecule has 2 amide bonds. The van der Waals surface area contributed by atoms with Crippen LogP contribution in [0.4, 0.5) is 11.4 Å². The number of benzene rings is 2. The van der Waals surface area contributed by atoms with Gasteiger partial charge < -0.3 is 10.6 Å². The Hall–Kier alpha value is -3.74. The van der Waals surface area contributed by atoms with Crippen LogP contribution in [0, 0.1) is 12.8 Å². The Morgan fingerprint density at radius 2 is 1.75 bits per heavy atom. The second-order valence-corrected chi connectivity index (χ2v) is 7.95. The van der Waals surface area contributed by atoms with E-state index in [0.717, 1.165) is 33.5 Å². The topological polar surface area (TPSA) is 93.1 Å². The first kappa shape index (κ1) is 22.9. The summed E-state index contributed by atoms with van der Waals surface area (Å²) in [6.45, 7) is 7.38. The van der Waals surface area contributed by atoms with Gasteiger partial charge >= 0.3 is 0 Å². The van der Waals surface area contributed by atoms with Crippen LogP contribution in [0.3, 0.4) is 0 Å². The molecule has 0 aliphatic carbocycles. The average Bonchev–Trinajstić information content (AvgIpc) is 2.77. The molecule has 3 rings (SSSR count). The molecule has 0 saturated carbocycles. The van der Waals surface area contributed by atoms with Gasteiger partial charge in [-0.3, -0.25) is 14.4 Å². The van der Waals surface area contributed by atoms with Crippen LogP contribution < -0.4 is 16.2 Å². The average molecular weight is 433 g/mol. The molecule has 3 aromatic rings. The predicted octanol–water partition coefficient (Wildman–Crippen LogP) is 4.01. The van der Waals surface area contributed by atoms with E-state index in [1.807, 2.05) is 70.2 Å². The van der Waals surface area contributed by atoms with Gasteiger partial charge in [-0.15, -0.1) is 0 Å². The lowest BCUT2D eigenvalue weighted by Gasteiger charge is -2.13. The van der Waals surface area contributed by atoms with Crippen molar-refractivity contribution < 1.29 is 9.59 Å². The van der Waals surface area contributed by atoms with E-state index in [9.17, 15) is 14.4 Å². The lowest BCUT2D eigenvalue weighted by atomic mass is 10.1. The molecule has 32 heavy (non-hydrogen) atoms. The minimum atomic E-state index is -0.367. The molecule has 0 atom stereocenters. The molecular weight excluding hydrogens is 404 g/mol. The van der Waals surface area contributed by atoms with Crippen molar-refractivity contribution in [1.29, 1.82) is 0 Å². The lowest BCUT2D eigenvalue weighted by molar-refractivity contribution is -0.119. The third-order valence-electron chi connectivity index (χ3n) is 5.15. The van der Waals surface area contributed by atoms with Gasteiger partial charge in [0, 0.05) is 28.9 Å². The zero-order valence-electron chi connectivity index (χ0n) is 18.8. The number of aromatic nitrogens is 2. The first-order valence-corrected chi connectivity index (χ1v) is 10.7. The number of amides is 2. The number of nitrogens with one attached hydrogen (secondary N) is 2. The van der Waals surface area contributed by atoms with Crippen LogP contribution in [0.1, 0.15) is 31.9 Å². The van der Waals surface area contributed by atoms with Gasteiger partial charge in [0.25, 0.3) is 5.56 Å². The summed E-state index contributed by atoms with van der Waals surface area (Å²) in [5, 5.41) is 10.2. The number of carbonyl (C=O) groups is 2. The molecular formula is C25H28N4O3. The fraction of sp³-hybridized carbons (Fsp3) is 0.280. The number of hydrogen-bond acceptors (Lipinski definition) is 4. The van der Waals surface area contributed by atoms with Crippen LogP contribution in [0.15, 0.2) is 59.4 Å². The Kier molecular flexibility index (Phi) is 7.20. The van der Waals surface area contributed by atoms with Crippen LogP contribution in [-0.2, 0) is 22.6 Å².